The highest BCUT2D eigenvalue weighted by Gasteiger charge is 2.21. The molecule has 0 aliphatic carbocycles. The van der Waals surface area contributed by atoms with Crippen LogP contribution in [0.5, 0.6) is 11.5 Å². The SMILES string of the molecule is COc1cc(NC(C)(C)CCO)c(OC)c(C)c1C. The van der Waals surface area contributed by atoms with Gasteiger partial charge in [-0.15, -0.1) is 0 Å². The second-order valence-corrected chi connectivity index (χ2v) is 5.39. The molecule has 0 saturated carbocycles. The van der Waals surface area contributed by atoms with E-state index in [9.17, 15) is 0 Å². The van der Waals surface area contributed by atoms with Gasteiger partial charge in [-0.2, -0.15) is 0 Å². The Hall–Kier alpha value is -1.42. The standard InChI is InChI=1S/C15H25NO3/c1-10-11(2)14(19-6)12(9-13(10)18-5)16-15(3,4)7-8-17/h9,16-17H,7-8H2,1-6H3. The van der Waals surface area contributed by atoms with Crippen LogP contribution < -0.4 is 14.8 Å². The van der Waals surface area contributed by atoms with E-state index < -0.39 is 0 Å². The number of rotatable bonds is 6. The minimum atomic E-state index is -0.214. The fraction of sp³-hybridized carbons (Fsp3) is 0.600. The van der Waals surface area contributed by atoms with Gasteiger partial charge in [-0.3, -0.25) is 0 Å². The van der Waals surface area contributed by atoms with Crippen molar-refractivity contribution in [2.45, 2.75) is 39.7 Å². The maximum atomic E-state index is 9.11. The van der Waals surface area contributed by atoms with E-state index in [1.54, 1.807) is 14.2 Å². The van der Waals surface area contributed by atoms with E-state index in [0.29, 0.717) is 6.42 Å². The lowest BCUT2D eigenvalue weighted by molar-refractivity contribution is 0.260. The van der Waals surface area contributed by atoms with Crippen LogP contribution in [0, 0.1) is 13.8 Å². The molecule has 0 unspecified atom stereocenters. The van der Waals surface area contributed by atoms with Gasteiger partial charge in [-0.25, -0.2) is 0 Å². The highest BCUT2D eigenvalue weighted by Crippen LogP contribution is 2.38. The van der Waals surface area contributed by atoms with Gasteiger partial charge >= 0.3 is 0 Å². The van der Waals surface area contributed by atoms with Crippen molar-refractivity contribution >= 4 is 5.69 Å². The first-order valence-corrected chi connectivity index (χ1v) is 6.47. The lowest BCUT2D eigenvalue weighted by atomic mass is 9.99. The molecule has 0 amide bonds. The molecule has 0 aliphatic rings. The minimum absolute atomic E-state index is 0.143. The molecule has 0 radical (unpaired) electrons. The molecule has 1 aromatic rings. The number of aliphatic hydroxyl groups excluding tert-OH is 1. The molecule has 2 N–H and O–H groups in total. The summed E-state index contributed by atoms with van der Waals surface area (Å²) in [4.78, 5) is 0. The Morgan fingerprint density at radius 1 is 1.16 bits per heavy atom. The smallest absolute Gasteiger partial charge is 0.145 e. The second kappa shape index (κ2) is 6.15. The summed E-state index contributed by atoms with van der Waals surface area (Å²) in [6.07, 6.45) is 0.658. The maximum absolute atomic E-state index is 9.11. The van der Waals surface area contributed by atoms with Crippen molar-refractivity contribution in [3.8, 4) is 11.5 Å². The number of methoxy groups -OCH3 is 2. The van der Waals surface area contributed by atoms with Crippen LogP contribution in [0.2, 0.25) is 0 Å². The average molecular weight is 267 g/mol. The van der Waals surface area contributed by atoms with Crippen LogP contribution in [0.4, 0.5) is 5.69 Å². The van der Waals surface area contributed by atoms with Crippen LogP contribution in [0.1, 0.15) is 31.4 Å². The molecule has 1 rings (SSSR count). The van der Waals surface area contributed by atoms with Crippen molar-refractivity contribution in [2.24, 2.45) is 0 Å². The molecule has 0 saturated heterocycles. The number of ether oxygens (including phenoxy) is 2. The van der Waals surface area contributed by atoms with E-state index in [1.165, 1.54) is 0 Å². The molecular weight excluding hydrogens is 242 g/mol. The van der Waals surface area contributed by atoms with E-state index in [2.05, 4.69) is 5.32 Å². The molecule has 0 aliphatic heterocycles. The molecule has 108 valence electrons. The zero-order valence-electron chi connectivity index (χ0n) is 12.8. The van der Waals surface area contributed by atoms with Crippen LogP contribution in [-0.4, -0.2) is 31.5 Å². The molecule has 0 atom stereocenters. The fourth-order valence-electron chi connectivity index (χ4n) is 2.14. The summed E-state index contributed by atoms with van der Waals surface area (Å²) in [7, 11) is 3.33. The lowest BCUT2D eigenvalue weighted by Crippen LogP contribution is -2.32. The molecular formula is C15H25NO3. The van der Waals surface area contributed by atoms with Gasteiger partial charge in [-0.05, 0) is 45.2 Å². The van der Waals surface area contributed by atoms with E-state index in [-0.39, 0.29) is 12.1 Å². The van der Waals surface area contributed by atoms with Crippen molar-refractivity contribution in [1.82, 2.24) is 0 Å². The summed E-state index contributed by atoms with van der Waals surface area (Å²) in [5.41, 5.74) is 2.81. The summed E-state index contributed by atoms with van der Waals surface area (Å²) in [5.74, 6) is 1.66. The third-order valence-corrected chi connectivity index (χ3v) is 3.43. The van der Waals surface area contributed by atoms with Gasteiger partial charge in [0, 0.05) is 18.2 Å². The molecule has 4 nitrogen and oxygen atoms in total. The second-order valence-electron chi connectivity index (χ2n) is 5.39. The maximum Gasteiger partial charge on any atom is 0.145 e. The predicted molar refractivity (Wildman–Crippen MR) is 78.4 cm³/mol. The first-order valence-electron chi connectivity index (χ1n) is 6.47. The van der Waals surface area contributed by atoms with Crippen LogP contribution >= 0.6 is 0 Å². The van der Waals surface area contributed by atoms with Gasteiger partial charge < -0.3 is 19.9 Å². The Morgan fingerprint density at radius 3 is 2.26 bits per heavy atom. The third kappa shape index (κ3) is 3.53. The van der Waals surface area contributed by atoms with Gasteiger partial charge in [0.25, 0.3) is 0 Å². The number of anilines is 1. The lowest BCUT2D eigenvalue weighted by Gasteiger charge is -2.29. The molecule has 0 spiro atoms. The van der Waals surface area contributed by atoms with E-state index >= 15 is 0 Å². The van der Waals surface area contributed by atoms with Gasteiger partial charge in [0.2, 0.25) is 0 Å². The predicted octanol–water partition coefficient (Wildman–Crippen LogP) is 2.89. The van der Waals surface area contributed by atoms with Crippen molar-refractivity contribution < 1.29 is 14.6 Å². The van der Waals surface area contributed by atoms with Crippen LogP contribution in [0.3, 0.4) is 0 Å². The Labute approximate surface area is 115 Å². The van der Waals surface area contributed by atoms with Crippen molar-refractivity contribution in [1.29, 1.82) is 0 Å². The fourth-order valence-corrected chi connectivity index (χ4v) is 2.14. The van der Waals surface area contributed by atoms with Gasteiger partial charge in [0.05, 0.1) is 19.9 Å². The topological polar surface area (TPSA) is 50.7 Å². The Kier molecular flexibility index (Phi) is 5.06. The third-order valence-electron chi connectivity index (χ3n) is 3.43. The highest BCUT2D eigenvalue weighted by atomic mass is 16.5. The molecule has 0 heterocycles. The highest BCUT2D eigenvalue weighted by molar-refractivity contribution is 5.67. The average Bonchev–Trinajstić information content (AvgIpc) is 2.33. The van der Waals surface area contributed by atoms with Crippen molar-refractivity contribution in [2.75, 3.05) is 26.1 Å². The minimum Gasteiger partial charge on any atom is -0.496 e. The summed E-state index contributed by atoms with van der Waals surface area (Å²) in [5, 5.41) is 12.5. The Morgan fingerprint density at radius 2 is 1.79 bits per heavy atom. The summed E-state index contributed by atoms with van der Waals surface area (Å²) in [6.45, 7) is 8.26. The quantitative estimate of drug-likeness (QED) is 0.832. The first-order chi connectivity index (χ1) is 8.86. The number of aliphatic hydroxyl groups is 1. The van der Waals surface area contributed by atoms with Gasteiger partial charge in [0.15, 0.2) is 0 Å². The van der Waals surface area contributed by atoms with Gasteiger partial charge in [0.1, 0.15) is 11.5 Å². The van der Waals surface area contributed by atoms with Crippen LogP contribution in [0.25, 0.3) is 0 Å². The number of nitrogens with one attached hydrogen (secondary N) is 1. The molecule has 19 heavy (non-hydrogen) atoms. The summed E-state index contributed by atoms with van der Waals surface area (Å²) in [6, 6.07) is 1.94. The molecule has 1 aromatic carbocycles. The van der Waals surface area contributed by atoms with Crippen LogP contribution in [0.15, 0.2) is 6.07 Å². The number of hydrogen-bond acceptors (Lipinski definition) is 4. The number of benzene rings is 1. The summed E-state index contributed by atoms with van der Waals surface area (Å²) >= 11 is 0. The van der Waals surface area contributed by atoms with E-state index in [4.69, 9.17) is 14.6 Å². The normalized spacial score (nSPS) is 11.3. The number of hydrogen-bond donors (Lipinski definition) is 2. The van der Waals surface area contributed by atoms with Crippen molar-refractivity contribution in [3.63, 3.8) is 0 Å². The monoisotopic (exact) mass is 267 g/mol. The van der Waals surface area contributed by atoms with Crippen LogP contribution in [-0.2, 0) is 0 Å². The largest absolute Gasteiger partial charge is 0.496 e. The molecule has 0 bridgehead atoms. The Balaban J connectivity index is 3.22. The summed E-state index contributed by atoms with van der Waals surface area (Å²) < 4.78 is 10.9. The molecule has 0 fully saturated rings. The van der Waals surface area contributed by atoms with Gasteiger partial charge in [-0.1, -0.05) is 0 Å². The molecule has 0 aromatic heterocycles. The van der Waals surface area contributed by atoms with E-state index in [0.717, 1.165) is 28.3 Å². The Bertz CT molecular complexity index is 442. The zero-order chi connectivity index (χ0) is 14.6. The zero-order valence-corrected chi connectivity index (χ0v) is 12.8. The molecule has 4 heteroatoms. The first kappa shape index (κ1) is 15.6. The van der Waals surface area contributed by atoms with E-state index in [1.807, 2.05) is 33.8 Å². The van der Waals surface area contributed by atoms with Crippen molar-refractivity contribution in [3.05, 3.63) is 17.2 Å².